The lowest BCUT2D eigenvalue weighted by Gasteiger charge is -2.37. The van der Waals surface area contributed by atoms with E-state index in [0.29, 0.717) is 11.2 Å². The van der Waals surface area contributed by atoms with E-state index in [-0.39, 0.29) is 43.7 Å². The molecule has 6 nitrogen and oxygen atoms in total. The Bertz CT molecular complexity index is 953. The van der Waals surface area contributed by atoms with Gasteiger partial charge in [-0.05, 0) is 13.0 Å². The monoisotopic (exact) mass is 357 g/mol. The Balaban J connectivity index is 2.03. The third-order valence-corrected chi connectivity index (χ3v) is 4.90. The second kappa shape index (κ2) is 6.79. The first kappa shape index (κ1) is 17.9. The summed E-state index contributed by atoms with van der Waals surface area (Å²) in [5, 5.41) is 10.3. The fraction of sp³-hybridized carbons (Fsp3) is 0.421. The molecule has 2 aromatic rings. The maximum absolute atomic E-state index is 14.8. The van der Waals surface area contributed by atoms with Crippen molar-refractivity contribution < 1.29 is 13.9 Å². The highest BCUT2D eigenvalue weighted by atomic mass is 19.1. The van der Waals surface area contributed by atoms with Gasteiger partial charge in [-0.1, -0.05) is 18.2 Å². The summed E-state index contributed by atoms with van der Waals surface area (Å²) in [6.07, 6.45) is -0.0829. The first-order valence-electron chi connectivity index (χ1n) is 8.56. The number of benzene rings is 1. The van der Waals surface area contributed by atoms with Crippen LogP contribution in [0.2, 0.25) is 0 Å². The van der Waals surface area contributed by atoms with Crippen LogP contribution in [0.15, 0.2) is 29.1 Å². The average Bonchev–Trinajstić information content (AvgIpc) is 2.65. The summed E-state index contributed by atoms with van der Waals surface area (Å²) < 4.78 is 21.1. The molecule has 1 aliphatic heterocycles. The van der Waals surface area contributed by atoms with Crippen molar-refractivity contribution in [2.24, 2.45) is 7.05 Å². The van der Waals surface area contributed by atoms with Gasteiger partial charge in [0.15, 0.2) is 0 Å². The number of fused-ring (bicyclic) bond motifs is 1. The second-order valence-electron chi connectivity index (χ2n) is 6.39. The van der Waals surface area contributed by atoms with Crippen molar-refractivity contribution in [2.75, 3.05) is 24.6 Å². The largest absolute Gasteiger partial charge is 0.464 e. The van der Waals surface area contributed by atoms with Crippen LogP contribution in [0.4, 0.5) is 10.1 Å². The fourth-order valence-corrected chi connectivity index (χ4v) is 3.46. The van der Waals surface area contributed by atoms with E-state index in [9.17, 15) is 19.2 Å². The Kier molecular flexibility index (Phi) is 4.68. The van der Waals surface area contributed by atoms with Crippen molar-refractivity contribution in [3.8, 4) is 6.07 Å². The van der Waals surface area contributed by atoms with Crippen LogP contribution in [0.25, 0.3) is 10.9 Å². The number of para-hydroxylation sites is 1. The molecule has 0 atom stereocenters. The van der Waals surface area contributed by atoms with Crippen LogP contribution >= 0.6 is 0 Å². The highest BCUT2D eigenvalue weighted by molar-refractivity contribution is 5.95. The van der Waals surface area contributed by atoms with Gasteiger partial charge in [0, 0.05) is 38.4 Å². The predicted octanol–water partition coefficient (Wildman–Crippen LogP) is 2.28. The van der Waals surface area contributed by atoms with Crippen LogP contribution in [-0.2, 0) is 16.6 Å². The first-order valence-corrected chi connectivity index (χ1v) is 8.56. The number of piperidine rings is 1. The smallest absolute Gasteiger partial charge is 0.344 e. The van der Waals surface area contributed by atoms with Crippen molar-refractivity contribution in [1.29, 1.82) is 5.26 Å². The number of aromatic nitrogens is 1. The number of carbonyl (C=O) groups excluding carboxylic acids is 1. The number of rotatable bonds is 3. The van der Waals surface area contributed by atoms with Gasteiger partial charge in [-0.25, -0.2) is 9.18 Å². The molecule has 1 aromatic carbocycles. The summed E-state index contributed by atoms with van der Waals surface area (Å²) in [5.74, 6) is -0.839. The Morgan fingerprint density at radius 1 is 1.35 bits per heavy atom. The van der Waals surface area contributed by atoms with Crippen LogP contribution in [0, 0.1) is 11.3 Å². The normalized spacial score (nSPS) is 16.3. The summed E-state index contributed by atoms with van der Waals surface area (Å²) in [7, 11) is 1.62. The zero-order valence-corrected chi connectivity index (χ0v) is 14.8. The zero-order chi connectivity index (χ0) is 18.9. The van der Waals surface area contributed by atoms with E-state index in [1.807, 2.05) is 35.2 Å². The minimum Gasteiger partial charge on any atom is -0.464 e. The van der Waals surface area contributed by atoms with E-state index in [0.717, 1.165) is 5.39 Å². The number of pyridine rings is 1. The van der Waals surface area contributed by atoms with Gasteiger partial charge in [-0.3, -0.25) is 4.79 Å². The molecule has 0 amide bonds. The number of esters is 1. The Hall–Kier alpha value is -2.88. The molecule has 7 heteroatoms. The molecule has 3 rings (SSSR count). The van der Waals surface area contributed by atoms with Gasteiger partial charge in [0.25, 0.3) is 5.56 Å². The van der Waals surface area contributed by atoms with Gasteiger partial charge in [0.1, 0.15) is 11.6 Å². The van der Waals surface area contributed by atoms with Crippen molar-refractivity contribution >= 4 is 22.6 Å². The zero-order valence-electron chi connectivity index (χ0n) is 14.8. The summed E-state index contributed by atoms with van der Waals surface area (Å²) in [6, 6.07) is 9.30. The number of aryl methyl sites for hydroxylation is 1. The van der Waals surface area contributed by atoms with E-state index >= 15 is 0 Å². The minimum absolute atomic E-state index is 0.0358. The van der Waals surface area contributed by atoms with E-state index in [1.54, 1.807) is 14.0 Å². The third-order valence-electron chi connectivity index (χ3n) is 4.90. The van der Waals surface area contributed by atoms with E-state index < -0.39 is 11.6 Å². The molecule has 0 N–H and O–H groups in total. The average molecular weight is 357 g/mol. The van der Waals surface area contributed by atoms with Crippen molar-refractivity contribution in [3.63, 3.8) is 0 Å². The molecule has 2 heterocycles. The highest BCUT2D eigenvalue weighted by Crippen LogP contribution is 2.35. The van der Waals surface area contributed by atoms with Gasteiger partial charge in [-0.15, -0.1) is 0 Å². The molecule has 0 aliphatic carbocycles. The summed E-state index contributed by atoms with van der Waals surface area (Å²) in [4.78, 5) is 26.3. The standard InChI is InChI=1S/C19H20FN3O3/c1-3-26-18(25)19(20)8-10-23(11-9-19)16-13-6-4-5-7-15(13)22(2)17(24)14(16)12-21/h4-7H,3,8-11H2,1-2H3. The molecule has 1 aliphatic rings. The van der Waals surface area contributed by atoms with Gasteiger partial charge >= 0.3 is 5.97 Å². The Morgan fingerprint density at radius 3 is 2.62 bits per heavy atom. The first-order chi connectivity index (χ1) is 12.4. The van der Waals surface area contributed by atoms with E-state index in [4.69, 9.17) is 4.74 Å². The van der Waals surface area contributed by atoms with Crippen LogP contribution in [0.5, 0.6) is 0 Å². The van der Waals surface area contributed by atoms with Crippen LogP contribution in [-0.4, -0.2) is 35.9 Å². The number of ether oxygens (including phenoxy) is 1. The van der Waals surface area contributed by atoms with Gasteiger partial charge in [-0.2, -0.15) is 5.26 Å². The van der Waals surface area contributed by atoms with Gasteiger partial charge in [0.2, 0.25) is 5.67 Å². The minimum atomic E-state index is -2.02. The molecule has 1 aromatic heterocycles. The topological polar surface area (TPSA) is 75.3 Å². The van der Waals surface area contributed by atoms with Crippen LogP contribution in [0.1, 0.15) is 25.3 Å². The summed E-state index contributed by atoms with van der Waals surface area (Å²) in [5.41, 5.74) is -1.15. The molecule has 1 fully saturated rings. The predicted molar refractivity (Wildman–Crippen MR) is 95.8 cm³/mol. The van der Waals surface area contributed by atoms with Crippen LogP contribution in [0.3, 0.4) is 0 Å². The molecular weight excluding hydrogens is 337 g/mol. The highest BCUT2D eigenvalue weighted by Gasteiger charge is 2.43. The maximum atomic E-state index is 14.8. The van der Waals surface area contributed by atoms with Crippen LogP contribution < -0.4 is 10.5 Å². The fourth-order valence-electron chi connectivity index (χ4n) is 3.46. The Morgan fingerprint density at radius 2 is 2.00 bits per heavy atom. The van der Waals surface area contributed by atoms with E-state index in [1.165, 1.54) is 4.57 Å². The molecule has 0 unspecified atom stereocenters. The lowest BCUT2D eigenvalue weighted by molar-refractivity contribution is -0.158. The quantitative estimate of drug-likeness (QED) is 0.788. The maximum Gasteiger partial charge on any atom is 0.344 e. The van der Waals surface area contributed by atoms with Crippen molar-refractivity contribution in [2.45, 2.75) is 25.4 Å². The lowest BCUT2D eigenvalue weighted by atomic mass is 9.92. The second-order valence-corrected chi connectivity index (χ2v) is 6.39. The van der Waals surface area contributed by atoms with E-state index in [2.05, 4.69) is 0 Å². The number of halogens is 1. The number of nitriles is 1. The van der Waals surface area contributed by atoms with Gasteiger partial charge < -0.3 is 14.2 Å². The molecule has 136 valence electrons. The number of alkyl halides is 1. The molecule has 0 bridgehead atoms. The molecule has 0 spiro atoms. The number of hydrogen-bond acceptors (Lipinski definition) is 5. The number of anilines is 1. The SMILES string of the molecule is CCOC(=O)C1(F)CCN(c2c(C#N)c(=O)n(C)c3ccccc23)CC1. The Labute approximate surface area is 150 Å². The molecular formula is C19H20FN3O3. The molecule has 0 saturated carbocycles. The lowest BCUT2D eigenvalue weighted by Crippen LogP contribution is -2.48. The molecule has 1 saturated heterocycles. The number of carbonyl (C=O) groups is 1. The summed E-state index contributed by atoms with van der Waals surface area (Å²) in [6.45, 7) is 2.22. The van der Waals surface area contributed by atoms with Crippen molar-refractivity contribution in [3.05, 3.63) is 40.2 Å². The van der Waals surface area contributed by atoms with Gasteiger partial charge in [0.05, 0.1) is 17.8 Å². The number of nitrogens with zero attached hydrogens (tertiary/aromatic N) is 3. The molecule has 0 radical (unpaired) electrons. The summed E-state index contributed by atoms with van der Waals surface area (Å²) >= 11 is 0. The van der Waals surface area contributed by atoms with Crippen molar-refractivity contribution in [1.82, 2.24) is 4.57 Å². The third kappa shape index (κ3) is 2.81. The number of hydrogen-bond donors (Lipinski definition) is 0. The molecule has 26 heavy (non-hydrogen) atoms.